The van der Waals surface area contributed by atoms with Crippen molar-refractivity contribution >= 4 is 0 Å². The lowest BCUT2D eigenvalue weighted by atomic mass is 9.99. The fraction of sp³-hybridized carbons (Fsp3) is 0.600. The van der Waals surface area contributed by atoms with E-state index in [0.717, 1.165) is 18.8 Å². The maximum atomic E-state index is 5.54. The molecule has 0 amide bonds. The zero-order valence-corrected chi connectivity index (χ0v) is 12.5. The smallest absolute Gasteiger partial charge is 0.123 e. The summed E-state index contributed by atoms with van der Waals surface area (Å²) in [5.41, 5.74) is 3.84. The van der Waals surface area contributed by atoms with Gasteiger partial charge in [0, 0.05) is 12.1 Å². The normalized spacial score (nSPS) is 12.8. The summed E-state index contributed by atoms with van der Waals surface area (Å²) in [6.07, 6.45) is 0. The number of benzene rings is 1. The number of hydrogen-bond donors (Lipinski definition) is 1. The molecule has 1 atom stereocenters. The first-order valence-corrected chi connectivity index (χ1v) is 6.53. The van der Waals surface area contributed by atoms with E-state index >= 15 is 0 Å². The molecule has 0 radical (unpaired) electrons. The van der Waals surface area contributed by atoms with Crippen LogP contribution in [0.15, 0.2) is 12.1 Å². The third-order valence-corrected chi connectivity index (χ3v) is 3.42. The van der Waals surface area contributed by atoms with Crippen molar-refractivity contribution in [1.82, 2.24) is 10.2 Å². The fourth-order valence-electron chi connectivity index (χ4n) is 2.10. The van der Waals surface area contributed by atoms with Gasteiger partial charge in [0.05, 0.1) is 13.2 Å². The van der Waals surface area contributed by atoms with Crippen molar-refractivity contribution in [1.29, 1.82) is 0 Å². The van der Waals surface area contributed by atoms with Crippen LogP contribution in [0, 0.1) is 13.8 Å². The maximum Gasteiger partial charge on any atom is 0.123 e. The van der Waals surface area contributed by atoms with Gasteiger partial charge in [-0.05, 0) is 51.7 Å². The minimum absolute atomic E-state index is 0.333. The largest absolute Gasteiger partial charge is 0.496 e. The molecule has 0 fully saturated rings. The second-order valence-corrected chi connectivity index (χ2v) is 4.97. The van der Waals surface area contributed by atoms with E-state index in [1.165, 1.54) is 16.7 Å². The summed E-state index contributed by atoms with van der Waals surface area (Å²) in [5.74, 6) is 0.981. The first-order valence-electron chi connectivity index (χ1n) is 6.53. The molecule has 1 N–H and O–H groups in total. The van der Waals surface area contributed by atoms with Crippen LogP contribution in [0.3, 0.4) is 0 Å². The minimum atomic E-state index is 0.333. The summed E-state index contributed by atoms with van der Waals surface area (Å²) < 4.78 is 5.54. The van der Waals surface area contributed by atoms with Crippen LogP contribution in [0.1, 0.15) is 29.7 Å². The van der Waals surface area contributed by atoms with Crippen molar-refractivity contribution in [2.24, 2.45) is 0 Å². The van der Waals surface area contributed by atoms with E-state index in [9.17, 15) is 0 Å². The van der Waals surface area contributed by atoms with Gasteiger partial charge in [0.2, 0.25) is 0 Å². The third-order valence-electron chi connectivity index (χ3n) is 3.42. The van der Waals surface area contributed by atoms with Crippen molar-refractivity contribution in [3.8, 4) is 5.75 Å². The lowest BCUT2D eigenvalue weighted by molar-refractivity contribution is 0.280. The highest BCUT2D eigenvalue weighted by atomic mass is 16.5. The molecule has 0 spiro atoms. The fourth-order valence-corrected chi connectivity index (χ4v) is 2.10. The minimum Gasteiger partial charge on any atom is -0.496 e. The quantitative estimate of drug-likeness (QED) is 0.839. The van der Waals surface area contributed by atoms with Crippen molar-refractivity contribution in [2.75, 3.05) is 34.3 Å². The summed E-state index contributed by atoms with van der Waals surface area (Å²) in [6.45, 7) is 8.32. The van der Waals surface area contributed by atoms with Crippen LogP contribution in [0.5, 0.6) is 5.75 Å². The number of rotatable bonds is 6. The molecule has 0 heterocycles. The molecule has 3 nitrogen and oxygen atoms in total. The standard InChI is InChI=1S/C15H26N2O/c1-7-16-10-14(17(4)5)13-8-11(2)12(3)9-15(13)18-6/h8-9,14,16H,7,10H2,1-6H3. The Morgan fingerprint density at radius 1 is 1.22 bits per heavy atom. The zero-order valence-electron chi connectivity index (χ0n) is 12.5. The first kappa shape index (κ1) is 15.0. The van der Waals surface area contributed by atoms with Gasteiger partial charge in [0.25, 0.3) is 0 Å². The monoisotopic (exact) mass is 250 g/mol. The van der Waals surface area contributed by atoms with Crippen LogP contribution in [-0.4, -0.2) is 39.2 Å². The van der Waals surface area contributed by atoms with Crippen LogP contribution in [0.2, 0.25) is 0 Å². The van der Waals surface area contributed by atoms with Gasteiger partial charge in [-0.3, -0.25) is 0 Å². The van der Waals surface area contributed by atoms with Gasteiger partial charge in [-0.2, -0.15) is 0 Å². The van der Waals surface area contributed by atoms with Gasteiger partial charge < -0.3 is 15.0 Å². The molecule has 0 aliphatic carbocycles. The molecule has 0 aliphatic rings. The number of methoxy groups -OCH3 is 1. The van der Waals surface area contributed by atoms with Crippen molar-refractivity contribution < 1.29 is 4.74 Å². The maximum absolute atomic E-state index is 5.54. The van der Waals surface area contributed by atoms with Crippen LogP contribution in [0.25, 0.3) is 0 Å². The molecular weight excluding hydrogens is 224 g/mol. The zero-order chi connectivity index (χ0) is 13.7. The predicted molar refractivity (Wildman–Crippen MR) is 77.4 cm³/mol. The van der Waals surface area contributed by atoms with E-state index in [2.05, 4.69) is 57.2 Å². The summed E-state index contributed by atoms with van der Waals surface area (Å²) >= 11 is 0. The molecule has 102 valence electrons. The van der Waals surface area contributed by atoms with Gasteiger partial charge in [0.1, 0.15) is 5.75 Å². The molecule has 3 heteroatoms. The van der Waals surface area contributed by atoms with Gasteiger partial charge in [-0.15, -0.1) is 0 Å². The first-order chi connectivity index (χ1) is 8.51. The molecule has 1 aromatic carbocycles. The number of nitrogens with zero attached hydrogens (tertiary/aromatic N) is 1. The van der Waals surface area contributed by atoms with E-state index in [-0.39, 0.29) is 0 Å². The third kappa shape index (κ3) is 3.47. The second-order valence-electron chi connectivity index (χ2n) is 4.97. The molecule has 18 heavy (non-hydrogen) atoms. The second kappa shape index (κ2) is 6.76. The Bertz CT molecular complexity index is 388. The van der Waals surface area contributed by atoms with Crippen LogP contribution >= 0.6 is 0 Å². The van der Waals surface area contributed by atoms with Crippen LogP contribution < -0.4 is 10.1 Å². The Hall–Kier alpha value is -1.06. The molecule has 1 unspecified atom stereocenters. The highest BCUT2D eigenvalue weighted by molar-refractivity contribution is 5.43. The Morgan fingerprint density at radius 2 is 1.83 bits per heavy atom. The SMILES string of the molecule is CCNCC(c1cc(C)c(C)cc1OC)N(C)C. The number of likely N-dealkylation sites (N-methyl/N-ethyl adjacent to an activating group) is 2. The van der Waals surface area contributed by atoms with E-state index in [1.807, 2.05) is 0 Å². The highest BCUT2D eigenvalue weighted by Gasteiger charge is 2.18. The molecular formula is C15H26N2O. The van der Waals surface area contributed by atoms with Crippen molar-refractivity contribution in [3.63, 3.8) is 0 Å². The average Bonchev–Trinajstić information content (AvgIpc) is 2.33. The number of hydrogen-bond acceptors (Lipinski definition) is 3. The van der Waals surface area contributed by atoms with Crippen LogP contribution in [-0.2, 0) is 0 Å². The summed E-state index contributed by atoms with van der Waals surface area (Å²) in [7, 11) is 5.96. The van der Waals surface area contributed by atoms with Gasteiger partial charge >= 0.3 is 0 Å². The van der Waals surface area contributed by atoms with Crippen molar-refractivity contribution in [3.05, 3.63) is 28.8 Å². The Labute approximate surface area is 111 Å². The molecule has 0 saturated carbocycles. The highest BCUT2D eigenvalue weighted by Crippen LogP contribution is 2.30. The molecule has 1 rings (SSSR count). The van der Waals surface area contributed by atoms with E-state index in [4.69, 9.17) is 4.74 Å². The topological polar surface area (TPSA) is 24.5 Å². The Morgan fingerprint density at radius 3 is 2.33 bits per heavy atom. The van der Waals surface area contributed by atoms with E-state index < -0.39 is 0 Å². The number of aryl methyl sites for hydroxylation is 2. The van der Waals surface area contributed by atoms with E-state index in [1.54, 1.807) is 7.11 Å². The van der Waals surface area contributed by atoms with Crippen LogP contribution in [0.4, 0.5) is 0 Å². The molecule has 0 aliphatic heterocycles. The van der Waals surface area contributed by atoms with Gasteiger partial charge in [0.15, 0.2) is 0 Å². The molecule has 0 aromatic heterocycles. The number of nitrogens with one attached hydrogen (secondary N) is 1. The summed E-state index contributed by atoms with van der Waals surface area (Å²) in [5, 5.41) is 3.42. The summed E-state index contributed by atoms with van der Waals surface area (Å²) in [4.78, 5) is 2.23. The predicted octanol–water partition coefficient (Wildman–Crippen LogP) is 2.52. The summed E-state index contributed by atoms with van der Waals surface area (Å²) in [6, 6.07) is 4.71. The average molecular weight is 250 g/mol. The molecule has 1 aromatic rings. The molecule has 0 bridgehead atoms. The molecule has 0 saturated heterocycles. The lowest BCUT2D eigenvalue weighted by Gasteiger charge is -2.27. The van der Waals surface area contributed by atoms with E-state index in [0.29, 0.717) is 6.04 Å². The number of ether oxygens (including phenoxy) is 1. The van der Waals surface area contributed by atoms with Crippen molar-refractivity contribution in [2.45, 2.75) is 26.8 Å². The van der Waals surface area contributed by atoms with Gasteiger partial charge in [-0.25, -0.2) is 0 Å². The Kier molecular flexibility index (Phi) is 5.63. The Balaban J connectivity index is 3.13. The lowest BCUT2D eigenvalue weighted by Crippen LogP contribution is -2.31. The van der Waals surface area contributed by atoms with Gasteiger partial charge in [-0.1, -0.05) is 13.0 Å².